The number of rotatable bonds is 3. The maximum atomic E-state index is 9.37. The Hall–Kier alpha value is -5.14. The fraction of sp³-hybridized carbons (Fsp3) is 0. The van der Waals surface area contributed by atoms with Gasteiger partial charge in [0.25, 0.3) is 0 Å². The summed E-state index contributed by atoms with van der Waals surface area (Å²) in [6, 6.07) is 32.2. The smallest absolute Gasteiger partial charge is 0.136 e. The van der Waals surface area contributed by atoms with Gasteiger partial charge < -0.3 is 4.42 Å². The van der Waals surface area contributed by atoms with Crippen LogP contribution in [-0.4, -0.2) is 0 Å². The number of hydrogen-bond acceptors (Lipinski definition) is 1. The maximum absolute atomic E-state index is 9.37. The molecular formula is C38H24O. The van der Waals surface area contributed by atoms with Crippen molar-refractivity contribution in [3.8, 4) is 33.4 Å². The molecule has 182 valence electrons. The van der Waals surface area contributed by atoms with Crippen molar-refractivity contribution in [3.05, 3.63) is 145 Å². The van der Waals surface area contributed by atoms with E-state index in [-0.39, 0.29) is 57.7 Å². The lowest BCUT2D eigenvalue weighted by Gasteiger charge is -2.18. The van der Waals surface area contributed by atoms with Crippen molar-refractivity contribution >= 4 is 43.5 Å². The average molecular weight is 504 g/mol. The normalized spacial score (nSPS) is 14.1. The highest BCUT2D eigenvalue weighted by atomic mass is 16.3. The van der Waals surface area contributed by atoms with Crippen molar-refractivity contribution in [1.82, 2.24) is 0 Å². The van der Waals surface area contributed by atoms with Crippen molar-refractivity contribution < 1.29 is 14.0 Å². The number of fused-ring (bicyclic) bond motifs is 5. The first kappa shape index (κ1) is 16.0. The van der Waals surface area contributed by atoms with Gasteiger partial charge in [0, 0.05) is 10.8 Å². The molecule has 0 amide bonds. The van der Waals surface area contributed by atoms with E-state index in [9.17, 15) is 2.74 Å². The van der Waals surface area contributed by atoms with Crippen LogP contribution in [0.3, 0.4) is 0 Å². The SMILES string of the molecule is [2H]c1c([2H])c([2H])c2c(oc3c([2H])c(-c4c5ccccc5c(-c5cccc(-c6ccccc6)c5)c5ccccc45)c([2H])c([2H])c32)c1[2H]. The van der Waals surface area contributed by atoms with E-state index in [0.29, 0.717) is 5.56 Å². The molecule has 0 saturated heterocycles. The highest BCUT2D eigenvalue weighted by molar-refractivity contribution is 6.22. The van der Waals surface area contributed by atoms with Gasteiger partial charge in [-0.25, -0.2) is 0 Å². The predicted molar refractivity (Wildman–Crippen MR) is 165 cm³/mol. The van der Waals surface area contributed by atoms with E-state index in [2.05, 4.69) is 30.3 Å². The molecule has 0 aliphatic carbocycles. The Morgan fingerprint density at radius 1 is 0.410 bits per heavy atom. The van der Waals surface area contributed by atoms with Gasteiger partial charge in [0.15, 0.2) is 0 Å². The second-order valence-corrected chi connectivity index (χ2v) is 9.55. The number of furan rings is 1. The van der Waals surface area contributed by atoms with Crippen molar-refractivity contribution in [3.63, 3.8) is 0 Å². The first-order valence-corrected chi connectivity index (χ1v) is 12.8. The van der Waals surface area contributed by atoms with E-state index in [4.69, 9.17) is 11.3 Å². The maximum Gasteiger partial charge on any atom is 0.136 e. The molecule has 0 aliphatic rings. The van der Waals surface area contributed by atoms with Gasteiger partial charge in [0.2, 0.25) is 0 Å². The molecule has 8 aromatic rings. The van der Waals surface area contributed by atoms with Crippen LogP contribution < -0.4 is 0 Å². The lowest BCUT2D eigenvalue weighted by Crippen LogP contribution is -1.91. The van der Waals surface area contributed by atoms with Crippen LogP contribution in [0.5, 0.6) is 0 Å². The van der Waals surface area contributed by atoms with Gasteiger partial charge >= 0.3 is 0 Å². The number of benzene rings is 7. The average Bonchev–Trinajstić information content (AvgIpc) is 3.50. The molecule has 1 nitrogen and oxygen atoms in total. The Morgan fingerprint density at radius 3 is 1.69 bits per heavy atom. The molecule has 0 aliphatic heterocycles. The zero-order valence-electron chi connectivity index (χ0n) is 27.7. The molecule has 1 heteroatoms. The standard InChI is InChI=1S/C38H24O/c1-2-11-25(12-3-1)26-13-10-14-27(23-26)37-31-16-4-6-18-33(31)38(34-19-7-5-17-32(34)37)28-21-22-30-29-15-8-9-20-35(29)39-36(30)24-28/h1-24H/i8D,9D,15D,20D,21D,22D,24D. The van der Waals surface area contributed by atoms with Gasteiger partial charge in [-0.15, -0.1) is 0 Å². The third kappa shape index (κ3) is 3.48. The summed E-state index contributed by atoms with van der Waals surface area (Å²) in [5.41, 5.74) is 4.91. The summed E-state index contributed by atoms with van der Waals surface area (Å²) in [5.74, 6) is 0. The summed E-state index contributed by atoms with van der Waals surface area (Å²) in [5, 5.41) is 3.53. The Labute approximate surface area is 236 Å². The summed E-state index contributed by atoms with van der Waals surface area (Å²) in [6.45, 7) is 0. The van der Waals surface area contributed by atoms with E-state index < -0.39 is 12.1 Å². The highest BCUT2D eigenvalue weighted by Crippen LogP contribution is 2.45. The Balaban J connectivity index is 1.49. The summed E-state index contributed by atoms with van der Waals surface area (Å²) < 4.78 is 66.9. The van der Waals surface area contributed by atoms with Crippen LogP contribution in [0.2, 0.25) is 0 Å². The minimum Gasteiger partial charge on any atom is -0.456 e. The molecule has 0 unspecified atom stereocenters. The van der Waals surface area contributed by atoms with Crippen LogP contribution in [0.25, 0.3) is 76.9 Å². The minimum absolute atomic E-state index is 0.0166. The van der Waals surface area contributed by atoms with Gasteiger partial charge in [0.05, 0.1) is 9.60 Å². The van der Waals surface area contributed by atoms with Crippen LogP contribution in [-0.2, 0) is 0 Å². The number of para-hydroxylation sites is 1. The van der Waals surface area contributed by atoms with Gasteiger partial charge in [-0.05, 0) is 79.1 Å². The minimum atomic E-state index is -0.454. The molecule has 0 saturated carbocycles. The largest absolute Gasteiger partial charge is 0.456 e. The third-order valence-electron chi connectivity index (χ3n) is 7.33. The van der Waals surface area contributed by atoms with Gasteiger partial charge in [-0.3, -0.25) is 0 Å². The van der Waals surface area contributed by atoms with Gasteiger partial charge in [-0.2, -0.15) is 0 Å². The Kier molecular flexibility index (Phi) is 3.57. The van der Waals surface area contributed by atoms with Crippen molar-refractivity contribution in [2.75, 3.05) is 0 Å². The van der Waals surface area contributed by atoms with Crippen molar-refractivity contribution in [2.24, 2.45) is 0 Å². The van der Waals surface area contributed by atoms with Crippen LogP contribution >= 0.6 is 0 Å². The van der Waals surface area contributed by atoms with Crippen LogP contribution in [0, 0.1) is 0 Å². The van der Waals surface area contributed by atoms with E-state index >= 15 is 0 Å². The van der Waals surface area contributed by atoms with Gasteiger partial charge in [0.1, 0.15) is 11.2 Å². The fourth-order valence-electron chi connectivity index (χ4n) is 5.62. The summed E-state index contributed by atoms with van der Waals surface area (Å²) in [4.78, 5) is 0. The molecule has 1 aromatic heterocycles. The first-order valence-electron chi connectivity index (χ1n) is 16.3. The molecular weight excluding hydrogens is 472 g/mol. The second kappa shape index (κ2) is 8.72. The Bertz CT molecular complexity index is 2500. The zero-order valence-corrected chi connectivity index (χ0v) is 20.7. The molecule has 0 spiro atoms. The monoisotopic (exact) mass is 503 g/mol. The molecule has 0 atom stereocenters. The first-order chi connectivity index (χ1) is 22.3. The second-order valence-electron chi connectivity index (χ2n) is 9.55. The Morgan fingerprint density at radius 2 is 0.974 bits per heavy atom. The van der Waals surface area contributed by atoms with Crippen LogP contribution in [0.1, 0.15) is 9.60 Å². The quantitative estimate of drug-likeness (QED) is 0.219. The molecule has 0 radical (unpaired) electrons. The molecule has 39 heavy (non-hydrogen) atoms. The summed E-state index contributed by atoms with van der Waals surface area (Å²) in [6.07, 6.45) is 0. The van der Waals surface area contributed by atoms with E-state index in [1.807, 2.05) is 72.8 Å². The van der Waals surface area contributed by atoms with E-state index in [1.54, 1.807) is 0 Å². The van der Waals surface area contributed by atoms with E-state index in [0.717, 1.165) is 43.8 Å². The predicted octanol–water partition coefficient (Wildman–Crippen LogP) is 10.9. The van der Waals surface area contributed by atoms with Crippen LogP contribution in [0.15, 0.2) is 150 Å². The fourth-order valence-corrected chi connectivity index (χ4v) is 5.62. The van der Waals surface area contributed by atoms with E-state index in [1.165, 1.54) is 0 Å². The molecule has 7 aromatic carbocycles. The molecule has 8 rings (SSSR count). The topological polar surface area (TPSA) is 13.1 Å². The zero-order chi connectivity index (χ0) is 31.9. The van der Waals surface area contributed by atoms with Crippen molar-refractivity contribution in [1.29, 1.82) is 0 Å². The molecule has 0 N–H and O–H groups in total. The van der Waals surface area contributed by atoms with Gasteiger partial charge in [-0.1, -0.05) is 121 Å². The highest BCUT2D eigenvalue weighted by Gasteiger charge is 2.18. The molecule has 0 bridgehead atoms. The summed E-state index contributed by atoms with van der Waals surface area (Å²) >= 11 is 0. The lowest BCUT2D eigenvalue weighted by atomic mass is 9.85. The molecule has 1 heterocycles. The molecule has 0 fully saturated rings. The third-order valence-corrected chi connectivity index (χ3v) is 7.33. The van der Waals surface area contributed by atoms with Crippen LogP contribution in [0.4, 0.5) is 0 Å². The lowest BCUT2D eigenvalue weighted by molar-refractivity contribution is 0.669. The number of hydrogen-bond donors (Lipinski definition) is 0. The summed E-state index contributed by atoms with van der Waals surface area (Å²) in [7, 11) is 0. The van der Waals surface area contributed by atoms with Crippen molar-refractivity contribution in [2.45, 2.75) is 0 Å².